The van der Waals surface area contributed by atoms with Gasteiger partial charge in [0, 0.05) is 17.1 Å². The Balaban J connectivity index is 4.35. The fourth-order valence-corrected chi connectivity index (χ4v) is 4.13. The van der Waals surface area contributed by atoms with Crippen LogP contribution in [-0.4, -0.2) is 20.8 Å². The molecule has 0 aromatic heterocycles. The molecule has 0 rings (SSSR count). The minimum Gasteiger partial charge on any atom is -0.258 e. The zero-order valence-corrected chi connectivity index (χ0v) is 11.6. The molecule has 0 amide bonds. The summed E-state index contributed by atoms with van der Waals surface area (Å²) >= 11 is 1.81. The van der Waals surface area contributed by atoms with E-state index in [-0.39, 0.29) is 4.08 Å². The first-order valence-corrected chi connectivity index (χ1v) is 8.30. The highest BCUT2D eigenvalue weighted by molar-refractivity contribution is 8.11. The molecule has 14 heavy (non-hydrogen) atoms. The molecule has 0 radical (unpaired) electrons. The lowest BCUT2D eigenvalue weighted by Gasteiger charge is -2.29. The quantitative estimate of drug-likeness (QED) is 0.637. The molecule has 0 N–H and O–H groups in total. The van der Waals surface area contributed by atoms with Crippen molar-refractivity contribution in [3.63, 3.8) is 0 Å². The van der Waals surface area contributed by atoms with Crippen LogP contribution in [0.25, 0.3) is 0 Å². The van der Waals surface area contributed by atoms with Crippen LogP contribution >= 0.6 is 11.8 Å². The van der Waals surface area contributed by atoms with Crippen molar-refractivity contribution in [1.29, 1.82) is 0 Å². The highest BCUT2D eigenvalue weighted by Gasteiger charge is 2.31. The van der Waals surface area contributed by atoms with Gasteiger partial charge in [0.05, 0.1) is 4.08 Å². The summed E-state index contributed by atoms with van der Waals surface area (Å²) in [5.41, 5.74) is 0. The highest BCUT2D eigenvalue weighted by atomic mass is 32.2. The van der Waals surface area contributed by atoms with Crippen molar-refractivity contribution in [2.75, 3.05) is 12.5 Å². The first kappa shape index (κ1) is 14.5. The summed E-state index contributed by atoms with van der Waals surface area (Å²) in [6, 6.07) is 0. The van der Waals surface area contributed by atoms with E-state index in [1.54, 1.807) is 11.8 Å². The molecule has 0 heterocycles. The number of thioether (sulfide) groups is 1. The summed E-state index contributed by atoms with van der Waals surface area (Å²) in [4.78, 5) is 0. The number of unbranched alkanes of at least 4 members (excludes halogenated alkanes) is 2. The van der Waals surface area contributed by atoms with Crippen molar-refractivity contribution in [1.82, 2.24) is 0 Å². The maximum absolute atomic E-state index is 11.8. The van der Waals surface area contributed by atoms with Gasteiger partial charge in [0.25, 0.3) is 0 Å². The number of rotatable bonds is 8. The third-order valence-corrected chi connectivity index (χ3v) is 6.53. The van der Waals surface area contributed by atoms with Gasteiger partial charge in [0.15, 0.2) is 0 Å². The Kier molecular flexibility index (Phi) is 8.02. The maximum Gasteiger partial charge on any atom is 0.0903 e. The van der Waals surface area contributed by atoms with Crippen molar-refractivity contribution in [2.45, 2.75) is 56.5 Å². The molecule has 0 aromatic rings. The number of hydrogen-bond acceptors (Lipinski definition) is 2. The summed E-state index contributed by atoms with van der Waals surface area (Å²) < 4.78 is 11.8. The van der Waals surface area contributed by atoms with Gasteiger partial charge in [0.1, 0.15) is 0 Å². The van der Waals surface area contributed by atoms with Gasteiger partial charge in [-0.05, 0) is 19.1 Å². The molecule has 0 aromatic carbocycles. The van der Waals surface area contributed by atoms with E-state index < -0.39 is 10.8 Å². The van der Waals surface area contributed by atoms with Crippen LogP contribution in [0.15, 0.2) is 0 Å². The summed E-state index contributed by atoms with van der Waals surface area (Å²) in [6.07, 6.45) is 11.0. The average molecular weight is 236 g/mol. The standard InChI is InChI=1S/C11H24OS2/c1-5-7-9-11(13-3,14(4)12)10-8-6-2/h5-10H2,1-4H3. The Labute approximate surface area is 95.9 Å². The first-order chi connectivity index (χ1) is 6.63. The molecule has 0 bridgehead atoms. The predicted octanol–water partition coefficient (Wildman–Crippen LogP) is 3.80. The Morgan fingerprint density at radius 3 is 1.79 bits per heavy atom. The SMILES string of the molecule is CCCCC(CCCC)(SC)S(C)=O. The minimum atomic E-state index is -0.702. The first-order valence-electron chi connectivity index (χ1n) is 5.51. The van der Waals surface area contributed by atoms with E-state index in [4.69, 9.17) is 0 Å². The third-order valence-electron chi connectivity index (χ3n) is 2.72. The van der Waals surface area contributed by atoms with Crippen molar-refractivity contribution >= 4 is 22.6 Å². The van der Waals surface area contributed by atoms with Gasteiger partial charge in [-0.25, -0.2) is 0 Å². The zero-order valence-electron chi connectivity index (χ0n) is 9.97. The second-order valence-corrected chi connectivity index (χ2v) is 6.91. The summed E-state index contributed by atoms with van der Waals surface area (Å²) in [5.74, 6) is 0. The molecule has 1 atom stereocenters. The average Bonchev–Trinajstić information content (AvgIpc) is 2.18. The van der Waals surface area contributed by atoms with Crippen LogP contribution in [0.1, 0.15) is 52.4 Å². The second-order valence-electron chi connectivity index (χ2n) is 3.78. The fraction of sp³-hybridized carbons (Fsp3) is 1.00. The Morgan fingerprint density at radius 2 is 1.57 bits per heavy atom. The van der Waals surface area contributed by atoms with Crippen molar-refractivity contribution < 1.29 is 4.21 Å². The monoisotopic (exact) mass is 236 g/mol. The summed E-state index contributed by atoms with van der Waals surface area (Å²) in [5, 5.41) is 0. The Morgan fingerprint density at radius 1 is 1.14 bits per heavy atom. The molecular formula is C11H24OS2. The highest BCUT2D eigenvalue weighted by Crippen LogP contribution is 2.36. The van der Waals surface area contributed by atoms with E-state index in [0.717, 1.165) is 12.8 Å². The largest absolute Gasteiger partial charge is 0.258 e. The van der Waals surface area contributed by atoms with Crippen LogP contribution in [-0.2, 0) is 10.8 Å². The normalized spacial score (nSPS) is 14.3. The molecule has 0 saturated heterocycles. The molecule has 0 fully saturated rings. The van der Waals surface area contributed by atoms with Crippen molar-refractivity contribution in [2.24, 2.45) is 0 Å². The van der Waals surface area contributed by atoms with Gasteiger partial charge in [-0.3, -0.25) is 4.21 Å². The van der Waals surface area contributed by atoms with Gasteiger partial charge in [0.2, 0.25) is 0 Å². The molecule has 0 aliphatic carbocycles. The lowest BCUT2D eigenvalue weighted by atomic mass is 10.1. The van der Waals surface area contributed by atoms with Crippen LogP contribution in [0.4, 0.5) is 0 Å². The van der Waals surface area contributed by atoms with E-state index in [1.165, 1.54) is 25.7 Å². The van der Waals surface area contributed by atoms with Gasteiger partial charge >= 0.3 is 0 Å². The summed E-state index contributed by atoms with van der Waals surface area (Å²) in [7, 11) is -0.702. The molecule has 86 valence electrons. The van der Waals surface area contributed by atoms with Crippen LogP contribution in [0.5, 0.6) is 0 Å². The summed E-state index contributed by atoms with van der Waals surface area (Å²) in [6.45, 7) is 4.40. The molecule has 3 heteroatoms. The molecule has 0 saturated carbocycles. The smallest absolute Gasteiger partial charge is 0.0903 e. The topological polar surface area (TPSA) is 17.1 Å². The van der Waals surface area contributed by atoms with Crippen molar-refractivity contribution in [3.8, 4) is 0 Å². The van der Waals surface area contributed by atoms with E-state index >= 15 is 0 Å². The molecular weight excluding hydrogens is 212 g/mol. The third kappa shape index (κ3) is 4.35. The number of hydrogen-bond donors (Lipinski definition) is 0. The van der Waals surface area contributed by atoms with Crippen LogP contribution < -0.4 is 0 Å². The zero-order chi connectivity index (χ0) is 11.0. The molecule has 1 nitrogen and oxygen atoms in total. The van der Waals surface area contributed by atoms with E-state index in [1.807, 2.05) is 6.26 Å². The van der Waals surface area contributed by atoms with Crippen LogP contribution in [0.2, 0.25) is 0 Å². The maximum atomic E-state index is 11.8. The molecule has 0 spiro atoms. The van der Waals surface area contributed by atoms with E-state index in [0.29, 0.717) is 0 Å². The molecule has 0 aliphatic heterocycles. The van der Waals surface area contributed by atoms with Crippen molar-refractivity contribution in [3.05, 3.63) is 0 Å². The van der Waals surface area contributed by atoms with Gasteiger partial charge < -0.3 is 0 Å². The van der Waals surface area contributed by atoms with Gasteiger partial charge in [-0.2, -0.15) is 0 Å². The lowest BCUT2D eigenvalue weighted by molar-refractivity contribution is 0.564. The Hall–Kier alpha value is 0.500. The molecule has 0 aliphatic rings. The fourth-order valence-electron chi connectivity index (χ4n) is 1.63. The molecule has 1 unspecified atom stereocenters. The lowest BCUT2D eigenvalue weighted by Crippen LogP contribution is -2.29. The minimum absolute atomic E-state index is 0.0338. The van der Waals surface area contributed by atoms with E-state index in [2.05, 4.69) is 20.1 Å². The van der Waals surface area contributed by atoms with Gasteiger partial charge in [-0.1, -0.05) is 39.5 Å². The predicted molar refractivity (Wildman–Crippen MR) is 69.4 cm³/mol. The van der Waals surface area contributed by atoms with Crippen LogP contribution in [0, 0.1) is 0 Å². The van der Waals surface area contributed by atoms with Gasteiger partial charge in [-0.15, -0.1) is 11.8 Å². The van der Waals surface area contributed by atoms with Crippen LogP contribution in [0.3, 0.4) is 0 Å². The Bertz CT molecular complexity index is 161. The van der Waals surface area contributed by atoms with E-state index in [9.17, 15) is 4.21 Å². The second kappa shape index (κ2) is 7.75.